The average Bonchev–Trinajstić information content (AvgIpc) is 3.08. The standard InChI is InChI=1S/C22H27N3O2/c1-4-15(2)19-7-5-6-8-20(19)25-14-18(11-21(25)26)22(27)24-13-17-10-9-16(3)23-12-17/h5-10,12,15,18H,4,11,13-14H2,1-3H3,(H,24,27)/t15-,18+/m0/s1. The molecule has 0 unspecified atom stereocenters. The molecular formula is C22H27N3O2. The monoisotopic (exact) mass is 365 g/mol. The quantitative estimate of drug-likeness (QED) is 0.851. The molecule has 2 heterocycles. The maximum Gasteiger partial charge on any atom is 0.227 e. The molecule has 0 saturated carbocycles. The van der Waals surface area contributed by atoms with Crippen molar-refractivity contribution in [2.45, 2.75) is 46.1 Å². The van der Waals surface area contributed by atoms with E-state index < -0.39 is 0 Å². The Morgan fingerprint density at radius 3 is 2.78 bits per heavy atom. The highest BCUT2D eigenvalue weighted by molar-refractivity contribution is 6.00. The smallest absolute Gasteiger partial charge is 0.227 e. The lowest BCUT2D eigenvalue weighted by Crippen LogP contribution is -2.33. The predicted molar refractivity (Wildman–Crippen MR) is 106 cm³/mol. The van der Waals surface area contributed by atoms with E-state index in [-0.39, 0.29) is 24.2 Å². The van der Waals surface area contributed by atoms with Gasteiger partial charge in [-0.05, 0) is 42.5 Å². The Bertz CT molecular complexity index is 817. The zero-order chi connectivity index (χ0) is 19.4. The van der Waals surface area contributed by atoms with Crippen LogP contribution >= 0.6 is 0 Å². The van der Waals surface area contributed by atoms with E-state index in [9.17, 15) is 9.59 Å². The Balaban J connectivity index is 1.67. The number of carbonyl (C=O) groups excluding carboxylic acids is 2. The molecule has 0 radical (unpaired) electrons. The van der Waals surface area contributed by atoms with Crippen molar-refractivity contribution in [2.75, 3.05) is 11.4 Å². The first-order chi connectivity index (χ1) is 13.0. The molecule has 142 valence electrons. The summed E-state index contributed by atoms with van der Waals surface area (Å²) in [4.78, 5) is 31.2. The molecule has 1 fully saturated rings. The summed E-state index contributed by atoms with van der Waals surface area (Å²) in [7, 11) is 0. The van der Waals surface area contributed by atoms with Crippen molar-refractivity contribution < 1.29 is 9.59 Å². The molecule has 3 rings (SSSR count). The van der Waals surface area contributed by atoms with Gasteiger partial charge in [-0.2, -0.15) is 0 Å². The number of para-hydroxylation sites is 1. The van der Waals surface area contributed by atoms with Crippen LogP contribution in [0.1, 0.15) is 49.4 Å². The third-order valence-electron chi connectivity index (χ3n) is 5.31. The molecule has 0 spiro atoms. The van der Waals surface area contributed by atoms with Crippen molar-refractivity contribution in [2.24, 2.45) is 5.92 Å². The number of rotatable bonds is 6. The highest BCUT2D eigenvalue weighted by atomic mass is 16.2. The Kier molecular flexibility index (Phi) is 5.89. The second-order valence-electron chi connectivity index (χ2n) is 7.30. The van der Waals surface area contributed by atoms with Gasteiger partial charge in [-0.15, -0.1) is 0 Å². The minimum Gasteiger partial charge on any atom is -0.352 e. The van der Waals surface area contributed by atoms with Crippen LogP contribution in [0.15, 0.2) is 42.6 Å². The number of carbonyl (C=O) groups is 2. The van der Waals surface area contributed by atoms with Gasteiger partial charge in [0.25, 0.3) is 0 Å². The largest absolute Gasteiger partial charge is 0.352 e. The zero-order valence-corrected chi connectivity index (χ0v) is 16.2. The lowest BCUT2D eigenvalue weighted by Gasteiger charge is -2.23. The first-order valence-corrected chi connectivity index (χ1v) is 9.58. The molecule has 2 atom stereocenters. The van der Waals surface area contributed by atoms with Crippen LogP contribution in [0.4, 0.5) is 5.69 Å². The maximum atomic E-state index is 12.6. The van der Waals surface area contributed by atoms with Crippen molar-refractivity contribution in [3.63, 3.8) is 0 Å². The van der Waals surface area contributed by atoms with E-state index in [4.69, 9.17) is 0 Å². The van der Waals surface area contributed by atoms with E-state index in [0.717, 1.165) is 23.4 Å². The minimum absolute atomic E-state index is 0.0166. The van der Waals surface area contributed by atoms with Crippen molar-refractivity contribution in [3.8, 4) is 0 Å². The molecule has 1 aliphatic heterocycles. The Labute approximate surface area is 160 Å². The molecule has 1 aliphatic rings. The van der Waals surface area contributed by atoms with Gasteiger partial charge in [-0.3, -0.25) is 14.6 Å². The van der Waals surface area contributed by atoms with Gasteiger partial charge in [0.1, 0.15) is 0 Å². The first-order valence-electron chi connectivity index (χ1n) is 9.58. The van der Waals surface area contributed by atoms with Crippen LogP contribution in [-0.2, 0) is 16.1 Å². The van der Waals surface area contributed by atoms with Gasteiger partial charge >= 0.3 is 0 Å². The van der Waals surface area contributed by atoms with Gasteiger partial charge < -0.3 is 10.2 Å². The number of pyridine rings is 1. The van der Waals surface area contributed by atoms with Crippen LogP contribution in [0.25, 0.3) is 0 Å². The average molecular weight is 365 g/mol. The van der Waals surface area contributed by atoms with Crippen molar-refractivity contribution in [1.29, 1.82) is 0 Å². The summed E-state index contributed by atoms with van der Waals surface area (Å²) in [6, 6.07) is 11.9. The summed E-state index contributed by atoms with van der Waals surface area (Å²) >= 11 is 0. The Morgan fingerprint density at radius 1 is 1.30 bits per heavy atom. The summed E-state index contributed by atoms with van der Waals surface area (Å²) in [5.41, 5.74) is 4.01. The number of anilines is 1. The molecule has 1 aromatic heterocycles. The number of aryl methyl sites for hydroxylation is 1. The normalized spacial score (nSPS) is 17.8. The van der Waals surface area contributed by atoms with Crippen molar-refractivity contribution in [1.82, 2.24) is 10.3 Å². The topological polar surface area (TPSA) is 62.3 Å². The minimum atomic E-state index is -0.319. The molecule has 27 heavy (non-hydrogen) atoms. The zero-order valence-electron chi connectivity index (χ0n) is 16.2. The molecule has 0 bridgehead atoms. The first kappa shape index (κ1) is 19.1. The number of hydrogen-bond acceptors (Lipinski definition) is 3. The van der Waals surface area contributed by atoms with Gasteiger partial charge in [0.05, 0.1) is 5.92 Å². The number of amides is 2. The summed E-state index contributed by atoms with van der Waals surface area (Å²) in [5, 5.41) is 2.94. The second kappa shape index (κ2) is 8.33. The molecule has 1 aromatic carbocycles. The van der Waals surface area contributed by atoms with Gasteiger partial charge in [0.15, 0.2) is 0 Å². The van der Waals surface area contributed by atoms with Crippen LogP contribution in [-0.4, -0.2) is 23.3 Å². The highest BCUT2D eigenvalue weighted by Crippen LogP contribution is 2.33. The van der Waals surface area contributed by atoms with E-state index in [1.807, 2.05) is 37.3 Å². The highest BCUT2D eigenvalue weighted by Gasteiger charge is 2.36. The lowest BCUT2D eigenvalue weighted by molar-refractivity contribution is -0.126. The van der Waals surface area contributed by atoms with Crippen molar-refractivity contribution >= 4 is 17.5 Å². The molecule has 2 aromatic rings. The Hall–Kier alpha value is -2.69. The summed E-state index contributed by atoms with van der Waals surface area (Å²) < 4.78 is 0. The van der Waals surface area contributed by atoms with E-state index in [0.29, 0.717) is 19.0 Å². The molecule has 2 amide bonds. The molecule has 1 saturated heterocycles. The fourth-order valence-electron chi connectivity index (χ4n) is 3.42. The third-order valence-corrected chi connectivity index (χ3v) is 5.31. The molecular weight excluding hydrogens is 338 g/mol. The lowest BCUT2D eigenvalue weighted by atomic mass is 9.96. The van der Waals surface area contributed by atoms with E-state index in [1.54, 1.807) is 11.1 Å². The number of hydrogen-bond donors (Lipinski definition) is 1. The van der Waals surface area contributed by atoms with Crippen LogP contribution in [0.2, 0.25) is 0 Å². The number of benzene rings is 1. The Morgan fingerprint density at radius 2 is 2.07 bits per heavy atom. The predicted octanol–water partition coefficient (Wildman–Crippen LogP) is 3.57. The van der Waals surface area contributed by atoms with Gasteiger partial charge in [-0.1, -0.05) is 38.1 Å². The van der Waals surface area contributed by atoms with Crippen LogP contribution in [0.3, 0.4) is 0 Å². The number of nitrogens with zero attached hydrogens (tertiary/aromatic N) is 2. The fourth-order valence-corrected chi connectivity index (χ4v) is 3.42. The van der Waals surface area contributed by atoms with Gasteiger partial charge in [-0.25, -0.2) is 0 Å². The summed E-state index contributed by atoms with van der Waals surface area (Å²) in [6.45, 7) is 7.10. The second-order valence-corrected chi connectivity index (χ2v) is 7.30. The van der Waals surface area contributed by atoms with E-state index in [2.05, 4.69) is 30.2 Å². The van der Waals surface area contributed by atoms with E-state index in [1.165, 1.54) is 5.56 Å². The SMILES string of the molecule is CC[C@H](C)c1ccccc1N1C[C@H](C(=O)NCc2ccc(C)nc2)CC1=O. The number of nitrogens with one attached hydrogen (secondary N) is 1. The van der Waals surface area contributed by atoms with Crippen LogP contribution in [0.5, 0.6) is 0 Å². The van der Waals surface area contributed by atoms with Crippen LogP contribution < -0.4 is 10.2 Å². The van der Waals surface area contributed by atoms with Gasteiger partial charge in [0, 0.05) is 37.1 Å². The van der Waals surface area contributed by atoms with Crippen molar-refractivity contribution in [3.05, 3.63) is 59.4 Å². The number of aromatic nitrogens is 1. The molecule has 1 N–H and O–H groups in total. The van der Waals surface area contributed by atoms with Gasteiger partial charge in [0.2, 0.25) is 11.8 Å². The van der Waals surface area contributed by atoms with E-state index >= 15 is 0 Å². The summed E-state index contributed by atoms with van der Waals surface area (Å²) in [5.74, 6) is -0.00726. The molecule has 0 aliphatic carbocycles. The maximum absolute atomic E-state index is 12.6. The molecule has 5 heteroatoms. The third kappa shape index (κ3) is 4.35. The van der Waals surface area contributed by atoms with Crippen LogP contribution in [0, 0.1) is 12.8 Å². The molecule has 5 nitrogen and oxygen atoms in total. The summed E-state index contributed by atoms with van der Waals surface area (Å²) in [6.07, 6.45) is 3.03. The fraction of sp³-hybridized carbons (Fsp3) is 0.409.